The van der Waals surface area contributed by atoms with Crippen LogP contribution in [0.1, 0.15) is 119 Å². The Kier molecular flexibility index (Phi) is 7.84. The molecular formula is C39H53NO2. The number of benzene rings is 3. The van der Waals surface area contributed by atoms with Gasteiger partial charge in [-0.2, -0.15) is 0 Å². The van der Waals surface area contributed by atoms with Gasteiger partial charge in [-0.1, -0.05) is 94.4 Å². The van der Waals surface area contributed by atoms with Crippen molar-refractivity contribution in [3.8, 4) is 11.4 Å². The Hall–Kier alpha value is -2.78. The van der Waals surface area contributed by atoms with Crippen LogP contribution in [0.5, 0.6) is 5.75 Å². The second kappa shape index (κ2) is 10.7. The van der Waals surface area contributed by atoms with E-state index in [4.69, 9.17) is 9.47 Å². The Morgan fingerprint density at radius 1 is 0.690 bits per heavy atom. The molecule has 1 aliphatic rings. The fourth-order valence-electron chi connectivity index (χ4n) is 6.80. The first-order valence-electron chi connectivity index (χ1n) is 16.0. The molecule has 1 atom stereocenters. The van der Waals surface area contributed by atoms with Crippen molar-refractivity contribution < 1.29 is 9.47 Å². The van der Waals surface area contributed by atoms with Gasteiger partial charge in [0.1, 0.15) is 5.75 Å². The average Bonchev–Trinajstić information content (AvgIpc) is 3.20. The summed E-state index contributed by atoms with van der Waals surface area (Å²) in [5.74, 6) is 0.885. The Morgan fingerprint density at radius 2 is 1.24 bits per heavy atom. The van der Waals surface area contributed by atoms with E-state index in [2.05, 4.69) is 135 Å². The van der Waals surface area contributed by atoms with E-state index in [-0.39, 0.29) is 27.9 Å². The summed E-state index contributed by atoms with van der Waals surface area (Å²) >= 11 is 0. The molecule has 3 heteroatoms. The number of fused-ring (bicyclic) bond motifs is 3. The first kappa shape index (κ1) is 30.7. The molecule has 0 radical (unpaired) electrons. The predicted molar refractivity (Wildman–Crippen MR) is 179 cm³/mol. The largest absolute Gasteiger partial charge is 0.463 e. The minimum Gasteiger partial charge on any atom is -0.463 e. The highest BCUT2D eigenvalue weighted by atomic mass is 16.7. The minimum absolute atomic E-state index is 0.00440. The summed E-state index contributed by atoms with van der Waals surface area (Å²) < 4.78 is 15.2. The lowest BCUT2D eigenvalue weighted by molar-refractivity contribution is -0.105. The molecule has 1 fully saturated rings. The zero-order valence-corrected chi connectivity index (χ0v) is 28.1. The number of ether oxygens (including phenoxy) is 2. The Labute approximate surface area is 254 Å². The topological polar surface area (TPSA) is 23.4 Å². The second-order valence-corrected chi connectivity index (χ2v) is 16.5. The van der Waals surface area contributed by atoms with Gasteiger partial charge in [-0.25, -0.2) is 0 Å². The van der Waals surface area contributed by atoms with E-state index < -0.39 is 0 Å². The van der Waals surface area contributed by atoms with Crippen molar-refractivity contribution in [3.63, 3.8) is 0 Å². The fraction of sp³-hybridized carbons (Fsp3) is 0.538. The predicted octanol–water partition coefficient (Wildman–Crippen LogP) is 11.0. The van der Waals surface area contributed by atoms with E-state index >= 15 is 0 Å². The minimum atomic E-state index is -0.209. The SMILES string of the molecule is CC(C)(C)CC(C)(C)c1ccc(OC2CCCCO2)c(-n2c3ccc(C(C)(C)C)cc3c3cc(C(C)(C)C)ccc32)c1. The second-order valence-electron chi connectivity index (χ2n) is 16.5. The van der Waals surface area contributed by atoms with Crippen molar-refractivity contribution in [3.05, 3.63) is 71.3 Å². The number of rotatable bonds is 5. The molecule has 42 heavy (non-hydrogen) atoms. The van der Waals surface area contributed by atoms with Gasteiger partial charge in [0, 0.05) is 17.2 Å². The van der Waals surface area contributed by atoms with Gasteiger partial charge in [-0.15, -0.1) is 0 Å². The number of hydrogen-bond acceptors (Lipinski definition) is 2. The molecule has 1 aliphatic heterocycles. The van der Waals surface area contributed by atoms with Gasteiger partial charge >= 0.3 is 0 Å². The number of hydrogen-bond donors (Lipinski definition) is 0. The van der Waals surface area contributed by atoms with Gasteiger partial charge in [0.15, 0.2) is 6.29 Å². The molecule has 0 spiro atoms. The first-order valence-corrected chi connectivity index (χ1v) is 16.0. The summed E-state index contributed by atoms with van der Waals surface area (Å²) in [4.78, 5) is 0. The van der Waals surface area contributed by atoms with E-state index in [9.17, 15) is 0 Å². The molecule has 3 nitrogen and oxygen atoms in total. The van der Waals surface area contributed by atoms with E-state index in [1.165, 1.54) is 38.5 Å². The Bertz CT molecular complexity index is 1510. The smallest absolute Gasteiger partial charge is 0.199 e. The van der Waals surface area contributed by atoms with Gasteiger partial charge in [0.25, 0.3) is 0 Å². The molecule has 4 aromatic rings. The maximum atomic E-state index is 6.69. The van der Waals surface area contributed by atoms with Gasteiger partial charge in [-0.05, 0) is 94.0 Å². The van der Waals surface area contributed by atoms with Crippen LogP contribution in [-0.4, -0.2) is 17.5 Å². The van der Waals surface area contributed by atoms with Crippen LogP contribution in [0.2, 0.25) is 0 Å². The quantitative estimate of drug-likeness (QED) is 0.239. The maximum absolute atomic E-state index is 6.69. The van der Waals surface area contributed by atoms with E-state index in [1.807, 2.05) is 0 Å². The van der Waals surface area contributed by atoms with Crippen molar-refractivity contribution in [2.45, 2.75) is 124 Å². The van der Waals surface area contributed by atoms with E-state index in [1.54, 1.807) is 0 Å². The van der Waals surface area contributed by atoms with Crippen LogP contribution < -0.4 is 4.74 Å². The van der Waals surface area contributed by atoms with Crippen LogP contribution in [0.3, 0.4) is 0 Å². The number of aromatic nitrogens is 1. The van der Waals surface area contributed by atoms with E-state index in [0.29, 0.717) is 0 Å². The highest BCUT2D eigenvalue weighted by Crippen LogP contribution is 2.43. The molecular weight excluding hydrogens is 514 g/mol. The molecule has 1 aromatic heterocycles. The molecule has 5 rings (SSSR count). The molecule has 2 heterocycles. The normalized spacial score (nSPS) is 17.3. The highest BCUT2D eigenvalue weighted by molar-refractivity contribution is 6.10. The van der Waals surface area contributed by atoms with Crippen molar-refractivity contribution in [1.29, 1.82) is 0 Å². The van der Waals surface area contributed by atoms with Gasteiger partial charge in [0.2, 0.25) is 0 Å². The molecule has 0 bridgehead atoms. The molecule has 1 saturated heterocycles. The average molecular weight is 568 g/mol. The molecule has 1 unspecified atom stereocenters. The molecule has 0 aliphatic carbocycles. The van der Waals surface area contributed by atoms with Crippen molar-refractivity contribution >= 4 is 21.8 Å². The summed E-state index contributed by atoms with van der Waals surface area (Å²) in [7, 11) is 0. The van der Waals surface area contributed by atoms with Crippen LogP contribution in [0.15, 0.2) is 54.6 Å². The van der Waals surface area contributed by atoms with Gasteiger partial charge < -0.3 is 14.0 Å². The van der Waals surface area contributed by atoms with Crippen LogP contribution in [0.4, 0.5) is 0 Å². The summed E-state index contributed by atoms with van der Waals surface area (Å²) in [6.07, 6.45) is 4.04. The van der Waals surface area contributed by atoms with Crippen molar-refractivity contribution in [2.75, 3.05) is 6.61 Å². The molecule has 0 N–H and O–H groups in total. The fourth-order valence-corrected chi connectivity index (χ4v) is 6.80. The third kappa shape index (κ3) is 6.27. The van der Waals surface area contributed by atoms with E-state index in [0.717, 1.165) is 43.7 Å². The third-order valence-electron chi connectivity index (χ3n) is 8.85. The van der Waals surface area contributed by atoms with Crippen molar-refractivity contribution in [2.24, 2.45) is 5.41 Å². The van der Waals surface area contributed by atoms with Crippen LogP contribution >= 0.6 is 0 Å². The zero-order valence-electron chi connectivity index (χ0n) is 28.1. The third-order valence-corrected chi connectivity index (χ3v) is 8.85. The summed E-state index contributed by atoms with van der Waals surface area (Å²) in [5, 5.41) is 2.59. The maximum Gasteiger partial charge on any atom is 0.199 e. The molecule has 3 aromatic carbocycles. The lowest BCUT2D eigenvalue weighted by Gasteiger charge is -2.34. The Morgan fingerprint density at radius 3 is 1.71 bits per heavy atom. The van der Waals surface area contributed by atoms with Crippen LogP contribution in [-0.2, 0) is 21.0 Å². The first-order chi connectivity index (χ1) is 19.4. The summed E-state index contributed by atoms with van der Waals surface area (Å²) in [6, 6.07) is 20.9. The highest BCUT2D eigenvalue weighted by Gasteiger charge is 2.30. The van der Waals surface area contributed by atoms with Crippen LogP contribution in [0, 0.1) is 5.41 Å². The van der Waals surface area contributed by atoms with Gasteiger partial charge in [-0.3, -0.25) is 0 Å². The Balaban J connectivity index is 1.80. The molecule has 0 saturated carbocycles. The lowest BCUT2D eigenvalue weighted by atomic mass is 9.72. The van der Waals surface area contributed by atoms with Crippen LogP contribution in [0.25, 0.3) is 27.5 Å². The summed E-state index contributed by atoms with van der Waals surface area (Å²) in [6.45, 7) is 26.3. The summed E-state index contributed by atoms with van der Waals surface area (Å²) in [5.41, 5.74) is 7.89. The molecule has 226 valence electrons. The number of nitrogens with zero attached hydrogens (tertiary/aromatic N) is 1. The van der Waals surface area contributed by atoms with Crippen molar-refractivity contribution in [1.82, 2.24) is 4.57 Å². The van der Waals surface area contributed by atoms with Gasteiger partial charge in [0.05, 0.1) is 23.3 Å². The lowest BCUT2D eigenvalue weighted by Crippen LogP contribution is -2.26. The molecule has 0 amide bonds. The monoisotopic (exact) mass is 567 g/mol. The standard InChI is InChI=1S/C39H53NO2/c1-36(2,3)25-39(10,11)28-17-20-34(42-35-14-12-13-21-41-35)33(24-28)40-31-18-15-26(37(4,5)6)22-29(31)30-23-27(38(7,8)9)16-19-32(30)40/h15-20,22-24,35H,12-14,21,25H2,1-11H3. The zero-order chi connectivity index (χ0) is 30.7.